The van der Waals surface area contributed by atoms with Crippen LogP contribution in [0.2, 0.25) is 5.02 Å². The maximum absolute atomic E-state index is 6.17. The standard InChI is InChI=1S/C15H19BrClN3/c1-4-11-7-12(20(5-2)19-11)9-18-15-8-14(17)10(3)6-13(15)16/h6-8,18H,4-5,9H2,1-3H3. The number of rotatable bonds is 5. The van der Waals surface area contributed by atoms with Gasteiger partial charge in [0.25, 0.3) is 0 Å². The van der Waals surface area contributed by atoms with Crippen LogP contribution in [0.25, 0.3) is 0 Å². The van der Waals surface area contributed by atoms with Crippen molar-refractivity contribution < 1.29 is 0 Å². The first-order valence-corrected chi connectivity index (χ1v) is 7.97. The van der Waals surface area contributed by atoms with E-state index >= 15 is 0 Å². The highest BCUT2D eigenvalue weighted by molar-refractivity contribution is 9.10. The topological polar surface area (TPSA) is 29.9 Å². The molecule has 0 atom stereocenters. The van der Waals surface area contributed by atoms with Crippen LogP contribution in [0.3, 0.4) is 0 Å². The number of halogens is 2. The quantitative estimate of drug-likeness (QED) is 0.834. The lowest BCUT2D eigenvalue weighted by atomic mass is 10.2. The zero-order valence-corrected chi connectivity index (χ0v) is 14.3. The molecule has 20 heavy (non-hydrogen) atoms. The van der Waals surface area contributed by atoms with Gasteiger partial charge in [-0.05, 0) is 60.0 Å². The maximum Gasteiger partial charge on any atom is 0.0625 e. The number of benzene rings is 1. The second-order valence-corrected chi connectivity index (χ2v) is 5.99. The summed E-state index contributed by atoms with van der Waals surface area (Å²) in [6.45, 7) is 7.84. The highest BCUT2D eigenvalue weighted by Gasteiger charge is 2.08. The SMILES string of the molecule is CCc1cc(CNc2cc(Cl)c(C)cc2Br)n(CC)n1. The molecule has 0 aliphatic rings. The van der Waals surface area contributed by atoms with E-state index in [1.54, 1.807) is 0 Å². The third-order valence-electron chi connectivity index (χ3n) is 3.28. The molecule has 2 rings (SSSR count). The van der Waals surface area contributed by atoms with E-state index in [9.17, 15) is 0 Å². The van der Waals surface area contributed by atoms with Crippen LogP contribution in [0.15, 0.2) is 22.7 Å². The Morgan fingerprint density at radius 3 is 2.70 bits per heavy atom. The molecule has 0 aliphatic heterocycles. The molecule has 0 saturated heterocycles. The van der Waals surface area contributed by atoms with Crippen LogP contribution >= 0.6 is 27.5 Å². The van der Waals surface area contributed by atoms with E-state index < -0.39 is 0 Å². The van der Waals surface area contributed by atoms with Crippen LogP contribution in [0.4, 0.5) is 5.69 Å². The first-order chi connectivity index (χ1) is 9.55. The zero-order chi connectivity index (χ0) is 14.7. The molecule has 3 nitrogen and oxygen atoms in total. The summed E-state index contributed by atoms with van der Waals surface area (Å²) in [7, 11) is 0. The molecule has 0 saturated carbocycles. The third-order valence-corrected chi connectivity index (χ3v) is 4.35. The predicted molar refractivity (Wildman–Crippen MR) is 88.5 cm³/mol. The summed E-state index contributed by atoms with van der Waals surface area (Å²) >= 11 is 9.74. The molecule has 1 aromatic carbocycles. The Balaban J connectivity index is 2.16. The number of nitrogens with one attached hydrogen (secondary N) is 1. The van der Waals surface area contributed by atoms with Gasteiger partial charge in [0, 0.05) is 16.0 Å². The van der Waals surface area contributed by atoms with Gasteiger partial charge >= 0.3 is 0 Å². The van der Waals surface area contributed by atoms with Gasteiger partial charge in [-0.25, -0.2) is 0 Å². The molecule has 5 heteroatoms. The molecule has 1 N–H and O–H groups in total. The lowest BCUT2D eigenvalue weighted by Gasteiger charge is -2.11. The molecule has 108 valence electrons. The molecule has 0 fully saturated rings. The van der Waals surface area contributed by atoms with Gasteiger partial charge in [-0.2, -0.15) is 5.10 Å². The first-order valence-electron chi connectivity index (χ1n) is 6.80. The van der Waals surface area contributed by atoms with Crippen molar-refractivity contribution in [2.24, 2.45) is 0 Å². The number of hydrogen-bond acceptors (Lipinski definition) is 2. The van der Waals surface area contributed by atoms with Crippen LogP contribution in [-0.2, 0) is 19.5 Å². The van der Waals surface area contributed by atoms with Crippen LogP contribution in [0.1, 0.15) is 30.8 Å². The van der Waals surface area contributed by atoms with Crippen LogP contribution < -0.4 is 5.32 Å². The zero-order valence-electron chi connectivity index (χ0n) is 12.0. The van der Waals surface area contributed by atoms with E-state index in [0.29, 0.717) is 0 Å². The second kappa shape index (κ2) is 6.64. The summed E-state index contributed by atoms with van der Waals surface area (Å²) in [5.41, 5.74) is 4.39. The summed E-state index contributed by atoms with van der Waals surface area (Å²) in [5.74, 6) is 0. The highest BCUT2D eigenvalue weighted by Crippen LogP contribution is 2.29. The number of aryl methyl sites for hydroxylation is 3. The van der Waals surface area contributed by atoms with E-state index in [1.165, 1.54) is 5.69 Å². The smallest absolute Gasteiger partial charge is 0.0625 e. The van der Waals surface area contributed by atoms with Gasteiger partial charge in [0.1, 0.15) is 0 Å². The Morgan fingerprint density at radius 2 is 2.05 bits per heavy atom. The minimum absolute atomic E-state index is 0.735. The van der Waals surface area contributed by atoms with Gasteiger partial charge in [0.05, 0.1) is 23.6 Å². The third kappa shape index (κ3) is 3.36. The fourth-order valence-corrected chi connectivity index (χ4v) is 2.83. The Morgan fingerprint density at radius 1 is 1.30 bits per heavy atom. The van der Waals surface area contributed by atoms with Crippen molar-refractivity contribution in [3.05, 3.63) is 44.6 Å². The molecule has 0 aliphatic carbocycles. The number of aromatic nitrogens is 2. The second-order valence-electron chi connectivity index (χ2n) is 4.73. The van der Waals surface area contributed by atoms with Crippen molar-refractivity contribution in [3.63, 3.8) is 0 Å². The fraction of sp³-hybridized carbons (Fsp3) is 0.400. The molecular weight excluding hydrogens is 338 g/mol. The van der Waals surface area contributed by atoms with E-state index in [4.69, 9.17) is 11.6 Å². The van der Waals surface area contributed by atoms with Crippen LogP contribution in [0, 0.1) is 6.92 Å². The summed E-state index contributed by atoms with van der Waals surface area (Å²) in [6, 6.07) is 6.13. The van der Waals surface area contributed by atoms with E-state index in [1.807, 2.05) is 23.7 Å². The highest BCUT2D eigenvalue weighted by atomic mass is 79.9. The lowest BCUT2D eigenvalue weighted by molar-refractivity contribution is 0.619. The average Bonchev–Trinajstić information content (AvgIpc) is 2.84. The van der Waals surface area contributed by atoms with Gasteiger partial charge in [-0.15, -0.1) is 0 Å². The summed E-state index contributed by atoms with van der Waals surface area (Å²) in [6.07, 6.45) is 0.958. The minimum Gasteiger partial charge on any atom is -0.378 e. The van der Waals surface area contributed by atoms with Crippen molar-refractivity contribution in [1.82, 2.24) is 9.78 Å². The maximum atomic E-state index is 6.17. The van der Waals surface area contributed by atoms with Crippen LogP contribution in [-0.4, -0.2) is 9.78 Å². The van der Waals surface area contributed by atoms with Gasteiger partial charge in [0.15, 0.2) is 0 Å². The molecule has 0 radical (unpaired) electrons. The number of hydrogen-bond donors (Lipinski definition) is 1. The molecular formula is C15H19BrClN3. The Hall–Kier alpha value is -1.00. The molecule has 0 unspecified atom stereocenters. The molecule has 0 amide bonds. The minimum atomic E-state index is 0.735. The summed E-state index contributed by atoms with van der Waals surface area (Å²) in [5, 5.41) is 8.74. The number of nitrogens with zero attached hydrogens (tertiary/aromatic N) is 2. The van der Waals surface area contributed by atoms with E-state index in [0.717, 1.165) is 46.0 Å². The number of anilines is 1. The van der Waals surface area contributed by atoms with Crippen LogP contribution in [0.5, 0.6) is 0 Å². The molecule has 2 aromatic rings. The van der Waals surface area contributed by atoms with Crippen molar-refractivity contribution in [2.75, 3.05) is 5.32 Å². The predicted octanol–water partition coefficient (Wildman–Crippen LogP) is 4.80. The molecule has 1 heterocycles. The molecule has 0 spiro atoms. The van der Waals surface area contributed by atoms with E-state index in [-0.39, 0.29) is 0 Å². The van der Waals surface area contributed by atoms with Crippen molar-refractivity contribution >= 4 is 33.2 Å². The van der Waals surface area contributed by atoms with Crippen molar-refractivity contribution in [2.45, 2.75) is 40.3 Å². The average molecular weight is 357 g/mol. The Labute approximate surface area is 133 Å². The normalized spacial score (nSPS) is 10.8. The Kier molecular flexibility index (Phi) is 5.11. The Bertz CT molecular complexity index is 607. The molecule has 0 bridgehead atoms. The van der Waals surface area contributed by atoms with Gasteiger partial charge < -0.3 is 5.32 Å². The monoisotopic (exact) mass is 355 g/mol. The fourth-order valence-electron chi connectivity index (χ4n) is 2.07. The van der Waals surface area contributed by atoms with Crippen molar-refractivity contribution in [1.29, 1.82) is 0 Å². The first kappa shape index (κ1) is 15.4. The van der Waals surface area contributed by atoms with Gasteiger partial charge in [0.2, 0.25) is 0 Å². The molecule has 1 aromatic heterocycles. The van der Waals surface area contributed by atoms with Gasteiger partial charge in [-0.1, -0.05) is 18.5 Å². The van der Waals surface area contributed by atoms with Gasteiger partial charge in [-0.3, -0.25) is 4.68 Å². The lowest BCUT2D eigenvalue weighted by Crippen LogP contribution is -2.08. The summed E-state index contributed by atoms with van der Waals surface area (Å²) < 4.78 is 3.06. The summed E-state index contributed by atoms with van der Waals surface area (Å²) in [4.78, 5) is 0. The largest absolute Gasteiger partial charge is 0.378 e. The van der Waals surface area contributed by atoms with Crippen molar-refractivity contribution in [3.8, 4) is 0 Å². The van der Waals surface area contributed by atoms with E-state index in [2.05, 4.69) is 46.3 Å².